The van der Waals surface area contributed by atoms with E-state index < -0.39 is 0 Å². The second-order valence-corrected chi connectivity index (χ2v) is 6.46. The Hall–Kier alpha value is -1.51. The van der Waals surface area contributed by atoms with Gasteiger partial charge in [-0.2, -0.15) is 0 Å². The lowest BCUT2D eigenvalue weighted by atomic mass is 9.91. The van der Waals surface area contributed by atoms with E-state index in [1.54, 1.807) is 7.05 Å². The van der Waals surface area contributed by atoms with Crippen LogP contribution in [0.2, 0.25) is 0 Å². The molecule has 0 aromatic heterocycles. The van der Waals surface area contributed by atoms with Crippen molar-refractivity contribution in [2.24, 2.45) is 11.3 Å². The second-order valence-electron chi connectivity index (χ2n) is 6.46. The summed E-state index contributed by atoms with van der Waals surface area (Å²) in [5, 5.41) is 6.23. The highest BCUT2D eigenvalue weighted by Crippen LogP contribution is 2.42. The van der Waals surface area contributed by atoms with Gasteiger partial charge in [-0.1, -0.05) is 20.8 Å². The highest BCUT2D eigenvalue weighted by molar-refractivity contribution is 5.94. The fraction of sp³-hybridized carbons (Fsp3) is 0.562. The van der Waals surface area contributed by atoms with Crippen molar-refractivity contribution in [1.82, 2.24) is 5.32 Å². The van der Waals surface area contributed by atoms with Gasteiger partial charge < -0.3 is 10.6 Å². The van der Waals surface area contributed by atoms with Crippen LogP contribution in [0.5, 0.6) is 0 Å². The molecule has 1 amide bonds. The van der Waals surface area contributed by atoms with Gasteiger partial charge in [0.25, 0.3) is 5.91 Å². The molecule has 3 heteroatoms. The highest BCUT2D eigenvalue weighted by Gasteiger charge is 2.36. The van der Waals surface area contributed by atoms with Gasteiger partial charge in [0.2, 0.25) is 0 Å². The maximum absolute atomic E-state index is 11.5. The SMILES string of the molecule is CNC(=O)c1ccc(NC2CC(C)(C)CC2C)cc1. The minimum absolute atomic E-state index is 0.0399. The summed E-state index contributed by atoms with van der Waals surface area (Å²) in [5.74, 6) is 0.649. The molecule has 104 valence electrons. The van der Waals surface area contributed by atoms with Gasteiger partial charge in [-0.15, -0.1) is 0 Å². The summed E-state index contributed by atoms with van der Waals surface area (Å²) in [6.07, 6.45) is 2.46. The summed E-state index contributed by atoms with van der Waals surface area (Å²) in [4.78, 5) is 11.5. The van der Waals surface area contributed by atoms with Crippen molar-refractivity contribution in [2.75, 3.05) is 12.4 Å². The Bertz CT molecular complexity index is 450. The van der Waals surface area contributed by atoms with Crippen LogP contribution in [0, 0.1) is 11.3 Å². The first-order valence-electron chi connectivity index (χ1n) is 7.00. The van der Waals surface area contributed by atoms with Gasteiger partial charge in [-0.25, -0.2) is 0 Å². The molecule has 1 aromatic rings. The van der Waals surface area contributed by atoms with Gasteiger partial charge in [0.1, 0.15) is 0 Å². The normalized spacial score (nSPS) is 25.1. The lowest BCUT2D eigenvalue weighted by Crippen LogP contribution is -2.22. The van der Waals surface area contributed by atoms with Gasteiger partial charge in [0.15, 0.2) is 0 Å². The third-order valence-electron chi connectivity index (χ3n) is 4.06. The molecule has 2 unspecified atom stereocenters. The number of carbonyl (C=O) groups is 1. The molecule has 1 aliphatic carbocycles. The largest absolute Gasteiger partial charge is 0.382 e. The number of hydrogen-bond donors (Lipinski definition) is 2. The number of benzene rings is 1. The maximum Gasteiger partial charge on any atom is 0.251 e. The van der Waals surface area contributed by atoms with Crippen molar-refractivity contribution in [3.63, 3.8) is 0 Å². The van der Waals surface area contributed by atoms with Crippen molar-refractivity contribution < 1.29 is 4.79 Å². The molecule has 19 heavy (non-hydrogen) atoms. The van der Waals surface area contributed by atoms with Crippen LogP contribution in [0.4, 0.5) is 5.69 Å². The van der Waals surface area contributed by atoms with E-state index in [0.29, 0.717) is 22.9 Å². The summed E-state index contributed by atoms with van der Waals surface area (Å²) in [6.45, 7) is 6.98. The Balaban J connectivity index is 2.02. The molecule has 0 aliphatic heterocycles. The molecule has 0 radical (unpaired) electrons. The number of hydrogen-bond acceptors (Lipinski definition) is 2. The Morgan fingerprint density at radius 2 is 1.84 bits per heavy atom. The lowest BCUT2D eigenvalue weighted by molar-refractivity contribution is 0.0963. The number of nitrogens with one attached hydrogen (secondary N) is 2. The van der Waals surface area contributed by atoms with E-state index >= 15 is 0 Å². The molecule has 1 saturated carbocycles. The molecule has 1 fully saturated rings. The molecular weight excluding hydrogens is 236 g/mol. The zero-order valence-corrected chi connectivity index (χ0v) is 12.3. The fourth-order valence-corrected chi connectivity index (χ4v) is 3.16. The zero-order valence-electron chi connectivity index (χ0n) is 12.3. The third-order valence-corrected chi connectivity index (χ3v) is 4.06. The van der Waals surface area contributed by atoms with Crippen LogP contribution in [0.3, 0.4) is 0 Å². The quantitative estimate of drug-likeness (QED) is 0.875. The Morgan fingerprint density at radius 3 is 2.32 bits per heavy atom. The highest BCUT2D eigenvalue weighted by atomic mass is 16.1. The third kappa shape index (κ3) is 3.28. The number of amides is 1. The van der Waals surface area contributed by atoms with Gasteiger partial charge in [0, 0.05) is 24.3 Å². The van der Waals surface area contributed by atoms with Crippen LogP contribution in [0.15, 0.2) is 24.3 Å². The molecular formula is C16H24N2O. The molecule has 2 N–H and O–H groups in total. The summed E-state index contributed by atoms with van der Waals surface area (Å²) in [6, 6.07) is 8.24. The average molecular weight is 260 g/mol. The van der Waals surface area contributed by atoms with Crippen molar-refractivity contribution in [3.8, 4) is 0 Å². The molecule has 0 saturated heterocycles. The summed E-state index contributed by atoms with van der Waals surface area (Å²) in [5.41, 5.74) is 2.23. The Kier molecular flexibility index (Phi) is 3.83. The molecule has 0 spiro atoms. The van der Waals surface area contributed by atoms with E-state index in [4.69, 9.17) is 0 Å². The zero-order chi connectivity index (χ0) is 14.0. The summed E-state index contributed by atoms with van der Waals surface area (Å²) in [7, 11) is 1.65. The second kappa shape index (κ2) is 5.24. The van der Waals surface area contributed by atoms with Crippen LogP contribution in [0.25, 0.3) is 0 Å². The standard InChI is InChI=1S/C16H24N2O/c1-11-9-16(2,3)10-14(11)18-13-7-5-12(6-8-13)15(19)17-4/h5-8,11,14,18H,9-10H2,1-4H3,(H,17,19). The van der Waals surface area contributed by atoms with Crippen molar-refractivity contribution in [1.29, 1.82) is 0 Å². The van der Waals surface area contributed by atoms with Gasteiger partial charge in [-0.05, 0) is 48.4 Å². The van der Waals surface area contributed by atoms with E-state index in [2.05, 4.69) is 31.4 Å². The monoisotopic (exact) mass is 260 g/mol. The molecule has 3 nitrogen and oxygen atoms in total. The van der Waals surface area contributed by atoms with Gasteiger partial charge in [0.05, 0.1) is 0 Å². The number of anilines is 1. The minimum atomic E-state index is -0.0399. The fourth-order valence-electron chi connectivity index (χ4n) is 3.16. The predicted molar refractivity (Wildman–Crippen MR) is 79.4 cm³/mol. The molecule has 0 heterocycles. The number of rotatable bonds is 3. The van der Waals surface area contributed by atoms with E-state index in [0.717, 1.165) is 5.69 Å². The molecule has 0 bridgehead atoms. The molecule has 1 aromatic carbocycles. The topological polar surface area (TPSA) is 41.1 Å². The van der Waals surface area contributed by atoms with Crippen LogP contribution in [0.1, 0.15) is 44.0 Å². The Morgan fingerprint density at radius 1 is 1.21 bits per heavy atom. The van der Waals surface area contributed by atoms with Crippen LogP contribution in [-0.2, 0) is 0 Å². The first-order valence-corrected chi connectivity index (χ1v) is 7.00. The Labute approximate surface area is 115 Å². The van der Waals surface area contributed by atoms with Crippen LogP contribution < -0.4 is 10.6 Å². The van der Waals surface area contributed by atoms with Crippen molar-refractivity contribution in [3.05, 3.63) is 29.8 Å². The minimum Gasteiger partial charge on any atom is -0.382 e. The summed E-state index contributed by atoms with van der Waals surface area (Å²) < 4.78 is 0. The number of carbonyl (C=O) groups excluding carboxylic acids is 1. The average Bonchev–Trinajstić information content (AvgIpc) is 2.62. The van der Waals surface area contributed by atoms with Gasteiger partial charge in [-0.3, -0.25) is 4.79 Å². The summed E-state index contributed by atoms with van der Waals surface area (Å²) >= 11 is 0. The van der Waals surface area contributed by atoms with Crippen molar-refractivity contribution >= 4 is 11.6 Å². The van der Waals surface area contributed by atoms with Gasteiger partial charge >= 0.3 is 0 Å². The lowest BCUT2D eigenvalue weighted by Gasteiger charge is -2.20. The van der Waals surface area contributed by atoms with Crippen LogP contribution in [-0.4, -0.2) is 19.0 Å². The van der Waals surface area contributed by atoms with E-state index in [1.165, 1.54) is 12.8 Å². The molecule has 1 aliphatic rings. The van der Waals surface area contributed by atoms with Crippen molar-refractivity contribution in [2.45, 2.75) is 39.7 Å². The molecule has 2 atom stereocenters. The molecule has 2 rings (SSSR count). The van der Waals surface area contributed by atoms with E-state index in [-0.39, 0.29) is 5.91 Å². The van der Waals surface area contributed by atoms with E-state index in [1.807, 2.05) is 24.3 Å². The smallest absolute Gasteiger partial charge is 0.251 e. The predicted octanol–water partition coefficient (Wildman–Crippen LogP) is 3.28. The maximum atomic E-state index is 11.5. The first kappa shape index (κ1) is 13.9. The first-order chi connectivity index (χ1) is 8.91. The van der Waals surface area contributed by atoms with Crippen LogP contribution >= 0.6 is 0 Å². The van der Waals surface area contributed by atoms with E-state index in [9.17, 15) is 4.79 Å².